The average Bonchev–Trinajstić information content (AvgIpc) is 3.21. The molecule has 0 aromatic heterocycles. The van der Waals surface area contributed by atoms with Crippen molar-refractivity contribution in [3.8, 4) is 0 Å². The summed E-state index contributed by atoms with van der Waals surface area (Å²) in [4.78, 5) is 14.3. The highest BCUT2D eigenvalue weighted by Gasteiger charge is 2.45. The molecule has 1 aromatic rings. The maximum Gasteiger partial charge on any atom is 0.221 e. The lowest BCUT2D eigenvalue weighted by molar-refractivity contribution is -0.122. The van der Waals surface area contributed by atoms with Crippen molar-refractivity contribution in [2.24, 2.45) is 0 Å². The van der Waals surface area contributed by atoms with E-state index in [1.54, 1.807) is 0 Å². The summed E-state index contributed by atoms with van der Waals surface area (Å²) in [5.41, 5.74) is 0.997. The number of hydrogen-bond donors (Lipinski definition) is 1. The minimum absolute atomic E-state index is 0.0408. The van der Waals surface area contributed by atoms with E-state index < -0.39 is 9.84 Å². The first kappa shape index (κ1) is 16.5. The van der Waals surface area contributed by atoms with Gasteiger partial charge in [-0.3, -0.25) is 4.79 Å². The van der Waals surface area contributed by atoms with E-state index >= 15 is 0 Å². The van der Waals surface area contributed by atoms with Crippen LogP contribution in [-0.4, -0.2) is 50.4 Å². The summed E-state index contributed by atoms with van der Waals surface area (Å²) in [5, 5.41) is 3.16. The summed E-state index contributed by atoms with van der Waals surface area (Å²) in [5.74, 6) is 0.531. The minimum atomic E-state index is -2.88. The normalized spacial score (nSPS) is 24.5. The second-order valence-corrected chi connectivity index (χ2v) is 9.01. The van der Waals surface area contributed by atoms with Gasteiger partial charge in [0.2, 0.25) is 5.91 Å². The highest BCUT2D eigenvalue weighted by molar-refractivity contribution is 7.91. The molecule has 1 aromatic carbocycles. The smallest absolute Gasteiger partial charge is 0.221 e. The van der Waals surface area contributed by atoms with Crippen LogP contribution >= 0.6 is 0 Å². The molecule has 1 aliphatic heterocycles. The summed E-state index contributed by atoms with van der Waals surface area (Å²) in [6.07, 6.45) is 3.05. The van der Waals surface area contributed by atoms with Gasteiger partial charge in [0.05, 0.1) is 17.0 Å². The largest absolute Gasteiger partial charge is 0.347 e. The standard InChI is InChI=1S/C17H24N2O3S/c1-19(15-8-12-23(21,22)13-15)11-7-16(20)18-17(9-10-17)14-5-3-2-4-6-14/h2-6,15H,7-13H2,1H3,(H,18,20)/t15-/m0/s1. The number of rotatable bonds is 6. The van der Waals surface area contributed by atoms with Gasteiger partial charge in [0.1, 0.15) is 0 Å². The quantitative estimate of drug-likeness (QED) is 0.850. The molecular weight excluding hydrogens is 312 g/mol. The second-order valence-electron chi connectivity index (χ2n) is 6.78. The summed E-state index contributed by atoms with van der Waals surface area (Å²) in [6.45, 7) is 0.594. The Morgan fingerprint density at radius 2 is 2.00 bits per heavy atom. The molecule has 0 radical (unpaired) electrons. The first-order valence-corrected chi connectivity index (χ1v) is 10.00. The molecule has 1 amide bonds. The molecule has 1 aliphatic carbocycles. The van der Waals surface area contributed by atoms with Crippen LogP contribution in [0.1, 0.15) is 31.2 Å². The van der Waals surface area contributed by atoms with Crippen LogP contribution < -0.4 is 5.32 Å². The minimum Gasteiger partial charge on any atom is -0.347 e. The van der Waals surface area contributed by atoms with Crippen molar-refractivity contribution >= 4 is 15.7 Å². The number of amides is 1. The number of nitrogens with one attached hydrogen (secondary N) is 1. The van der Waals surface area contributed by atoms with E-state index in [1.165, 1.54) is 5.56 Å². The van der Waals surface area contributed by atoms with Crippen molar-refractivity contribution in [2.45, 2.75) is 37.3 Å². The third kappa shape index (κ3) is 3.93. The van der Waals surface area contributed by atoms with Crippen LogP contribution in [0.5, 0.6) is 0 Å². The van der Waals surface area contributed by atoms with Crippen LogP contribution in [0.15, 0.2) is 30.3 Å². The summed E-state index contributed by atoms with van der Waals surface area (Å²) >= 11 is 0. The van der Waals surface area contributed by atoms with E-state index in [1.807, 2.05) is 30.1 Å². The van der Waals surface area contributed by atoms with Gasteiger partial charge in [0.25, 0.3) is 0 Å². The Labute approximate surface area is 138 Å². The van der Waals surface area contributed by atoms with Crippen molar-refractivity contribution in [1.82, 2.24) is 10.2 Å². The van der Waals surface area contributed by atoms with Gasteiger partial charge in [-0.15, -0.1) is 0 Å². The van der Waals surface area contributed by atoms with Gasteiger partial charge in [-0.05, 0) is 31.9 Å². The average molecular weight is 336 g/mol. The van der Waals surface area contributed by atoms with E-state index in [9.17, 15) is 13.2 Å². The van der Waals surface area contributed by atoms with Crippen molar-refractivity contribution in [3.05, 3.63) is 35.9 Å². The Morgan fingerprint density at radius 1 is 1.30 bits per heavy atom. The highest BCUT2D eigenvalue weighted by Crippen LogP contribution is 2.45. The molecule has 2 fully saturated rings. The fraction of sp³-hybridized carbons (Fsp3) is 0.588. The van der Waals surface area contributed by atoms with Crippen molar-refractivity contribution in [3.63, 3.8) is 0 Å². The molecule has 0 spiro atoms. The number of benzene rings is 1. The van der Waals surface area contributed by atoms with E-state index in [0.717, 1.165) is 12.8 Å². The third-order valence-corrected chi connectivity index (χ3v) is 6.73. The lowest BCUT2D eigenvalue weighted by Gasteiger charge is -2.24. The fourth-order valence-electron chi connectivity index (χ4n) is 3.28. The van der Waals surface area contributed by atoms with Gasteiger partial charge in [0, 0.05) is 19.0 Å². The van der Waals surface area contributed by atoms with E-state index in [-0.39, 0.29) is 29.0 Å². The van der Waals surface area contributed by atoms with Crippen molar-refractivity contribution in [2.75, 3.05) is 25.1 Å². The Hall–Kier alpha value is -1.40. The van der Waals surface area contributed by atoms with Crippen molar-refractivity contribution < 1.29 is 13.2 Å². The van der Waals surface area contributed by atoms with Crippen LogP contribution in [0.2, 0.25) is 0 Å². The first-order valence-electron chi connectivity index (χ1n) is 8.17. The molecule has 23 heavy (non-hydrogen) atoms. The molecular formula is C17H24N2O3S. The molecule has 3 rings (SSSR count). The summed E-state index contributed by atoms with van der Waals surface area (Å²) in [6, 6.07) is 10.1. The second kappa shape index (κ2) is 6.24. The predicted octanol–water partition coefficient (Wildman–Crippen LogP) is 1.30. The molecule has 0 unspecified atom stereocenters. The van der Waals surface area contributed by atoms with E-state index in [2.05, 4.69) is 17.4 Å². The molecule has 126 valence electrons. The molecule has 1 heterocycles. The number of hydrogen-bond acceptors (Lipinski definition) is 4. The van der Waals surface area contributed by atoms with E-state index in [0.29, 0.717) is 19.4 Å². The topological polar surface area (TPSA) is 66.5 Å². The molecule has 2 aliphatic rings. The van der Waals surface area contributed by atoms with Crippen LogP contribution in [0.4, 0.5) is 0 Å². The third-order valence-electron chi connectivity index (χ3n) is 4.98. The molecule has 1 saturated heterocycles. The molecule has 5 nitrogen and oxygen atoms in total. The number of nitrogens with zero attached hydrogens (tertiary/aromatic N) is 1. The molecule has 1 N–H and O–H groups in total. The van der Waals surface area contributed by atoms with Crippen LogP contribution in [0.3, 0.4) is 0 Å². The zero-order valence-corrected chi connectivity index (χ0v) is 14.3. The predicted molar refractivity (Wildman–Crippen MR) is 89.8 cm³/mol. The van der Waals surface area contributed by atoms with Crippen LogP contribution in [-0.2, 0) is 20.2 Å². The van der Waals surface area contributed by atoms with E-state index in [4.69, 9.17) is 0 Å². The number of sulfone groups is 1. The fourth-order valence-corrected chi connectivity index (χ4v) is 5.09. The maximum atomic E-state index is 12.3. The van der Waals surface area contributed by atoms with Gasteiger partial charge in [-0.2, -0.15) is 0 Å². The Kier molecular flexibility index (Phi) is 4.47. The number of carbonyl (C=O) groups is 1. The number of carbonyl (C=O) groups excluding carboxylic acids is 1. The molecule has 1 saturated carbocycles. The zero-order chi connectivity index (χ0) is 16.5. The van der Waals surface area contributed by atoms with Gasteiger partial charge < -0.3 is 10.2 Å². The highest BCUT2D eigenvalue weighted by atomic mass is 32.2. The lowest BCUT2D eigenvalue weighted by Crippen LogP contribution is -2.39. The molecule has 0 bridgehead atoms. The summed E-state index contributed by atoms with van der Waals surface area (Å²) in [7, 11) is -0.970. The van der Waals surface area contributed by atoms with Crippen molar-refractivity contribution in [1.29, 1.82) is 0 Å². The van der Waals surface area contributed by atoms with Gasteiger partial charge in [-0.1, -0.05) is 30.3 Å². The lowest BCUT2D eigenvalue weighted by atomic mass is 10.0. The molecule has 6 heteroatoms. The maximum absolute atomic E-state index is 12.3. The first-order chi connectivity index (χ1) is 10.9. The molecule has 1 atom stereocenters. The van der Waals surface area contributed by atoms with Gasteiger partial charge >= 0.3 is 0 Å². The Balaban J connectivity index is 1.49. The van der Waals surface area contributed by atoms with Crippen LogP contribution in [0.25, 0.3) is 0 Å². The monoisotopic (exact) mass is 336 g/mol. The van der Waals surface area contributed by atoms with Crippen LogP contribution in [0, 0.1) is 0 Å². The van der Waals surface area contributed by atoms with Gasteiger partial charge in [-0.25, -0.2) is 8.42 Å². The van der Waals surface area contributed by atoms with Gasteiger partial charge in [0.15, 0.2) is 9.84 Å². The Bertz CT molecular complexity index is 668. The Morgan fingerprint density at radius 3 is 2.57 bits per heavy atom. The zero-order valence-electron chi connectivity index (χ0n) is 13.5. The summed E-state index contributed by atoms with van der Waals surface area (Å²) < 4.78 is 23.1. The SMILES string of the molecule is CN(CCC(=O)NC1(c2ccccc2)CC1)[C@H]1CCS(=O)(=O)C1.